The molecule has 4 heteroatoms. The summed E-state index contributed by atoms with van der Waals surface area (Å²) in [5.74, 6) is 0.495. The molecular formula is C23H23ClN2S. The van der Waals surface area contributed by atoms with Gasteiger partial charge in [-0.05, 0) is 59.2 Å². The van der Waals surface area contributed by atoms with Crippen LogP contribution in [-0.2, 0) is 11.8 Å². The Morgan fingerprint density at radius 3 is 2.67 bits per heavy atom. The van der Waals surface area contributed by atoms with E-state index in [1.807, 2.05) is 30.6 Å². The van der Waals surface area contributed by atoms with Crippen molar-refractivity contribution in [2.45, 2.75) is 45.4 Å². The highest BCUT2D eigenvalue weighted by Gasteiger charge is 2.23. The van der Waals surface area contributed by atoms with E-state index < -0.39 is 0 Å². The number of thiophene rings is 1. The second kappa shape index (κ2) is 6.88. The summed E-state index contributed by atoms with van der Waals surface area (Å²) in [7, 11) is 0. The van der Waals surface area contributed by atoms with E-state index in [0.29, 0.717) is 5.92 Å². The molecule has 0 bridgehead atoms. The molecule has 138 valence electrons. The van der Waals surface area contributed by atoms with E-state index in [9.17, 15) is 0 Å². The first kappa shape index (κ1) is 18.4. The maximum absolute atomic E-state index is 6.39. The zero-order valence-electron chi connectivity index (χ0n) is 16.1. The van der Waals surface area contributed by atoms with Gasteiger partial charge in [0.15, 0.2) is 0 Å². The molecule has 0 aliphatic rings. The summed E-state index contributed by atoms with van der Waals surface area (Å²) < 4.78 is 0. The quantitative estimate of drug-likeness (QED) is 0.367. The summed E-state index contributed by atoms with van der Waals surface area (Å²) in [5, 5.41) is 3.02. The number of pyridine rings is 2. The van der Waals surface area contributed by atoms with E-state index in [4.69, 9.17) is 11.6 Å². The highest BCUT2D eigenvalue weighted by Crippen LogP contribution is 2.35. The van der Waals surface area contributed by atoms with Gasteiger partial charge < -0.3 is 0 Å². The predicted molar refractivity (Wildman–Crippen MR) is 117 cm³/mol. The molecule has 0 amide bonds. The van der Waals surface area contributed by atoms with E-state index in [1.54, 1.807) is 11.3 Å². The molecule has 0 unspecified atom stereocenters. The van der Waals surface area contributed by atoms with Crippen molar-refractivity contribution in [2.24, 2.45) is 0 Å². The summed E-state index contributed by atoms with van der Waals surface area (Å²) in [5.41, 5.74) is 3.40. The topological polar surface area (TPSA) is 25.8 Å². The minimum atomic E-state index is -0.0396. The summed E-state index contributed by atoms with van der Waals surface area (Å²) >= 11 is 8.18. The van der Waals surface area contributed by atoms with Crippen molar-refractivity contribution in [1.82, 2.24) is 9.97 Å². The second-order valence-corrected chi connectivity index (χ2v) is 9.64. The second-order valence-electron chi connectivity index (χ2n) is 8.12. The molecule has 0 saturated carbocycles. The van der Waals surface area contributed by atoms with E-state index in [1.165, 1.54) is 21.4 Å². The summed E-state index contributed by atoms with van der Waals surface area (Å²) in [6.07, 6.45) is 4.94. The van der Waals surface area contributed by atoms with Gasteiger partial charge in [-0.3, -0.25) is 4.98 Å². The van der Waals surface area contributed by atoms with Crippen LogP contribution in [0.25, 0.3) is 21.1 Å². The molecule has 3 aromatic heterocycles. The van der Waals surface area contributed by atoms with Gasteiger partial charge in [-0.1, -0.05) is 45.4 Å². The van der Waals surface area contributed by atoms with Gasteiger partial charge in [0.05, 0.1) is 5.52 Å². The fourth-order valence-electron chi connectivity index (χ4n) is 3.43. The zero-order valence-corrected chi connectivity index (χ0v) is 17.7. The van der Waals surface area contributed by atoms with Crippen molar-refractivity contribution in [3.8, 4) is 0 Å². The van der Waals surface area contributed by atoms with Crippen LogP contribution < -0.4 is 0 Å². The van der Waals surface area contributed by atoms with Gasteiger partial charge in [-0.2, -0.15) is 0 Å². The lowest BCUT2D eigenvalue weighted by Gasteiger charge is -2.24. The number of nitrogens with zero attached hydrogens (tertiary/aromatic N) is 2. The molecular weight excluding hydrogens is 372 g/mol. The van der Waals surface area contributed by atoms with Gasteiger partial charge in [0.1, 0.15) is 4.83 Å². The normalized spacial score (nSPS) is 12.4. The van der Waals surface area contributed by atoms with Crippen LogP contribution in [0.1, 0.15) is 49.6 Å². The maximum Gasteiger partial charge on any atom is 0.123 e. The van der Waals surface area contributed by atoms with E-state index in [0.717, 1.165) is 27.2 Å². The number of rotatable bonds is 4. The molecule has 0 fully saturated rings. The number of aromatic nitrogens is 2. The highest BCUT2D eigenvalue weighted by molar-refractivity contribution is 7.18. The van der Waals surface area contributed by atoms with Crippen LogP contribution in [0.15, 0.2) is 48.8 Å². The number of fused-ring (bicyclic) bond motifs is 2. The molecule has 0 N–H and O–H groups in total. The van der Waals surface area contributed by atoms with Crippen LogP contribution in [0, 0.1) is 0 Å². The lowest BCUT2D eigenvalue weighted by molar-refractivity contribution is 0.526. The SMILES string of the molecule is CC(C)c1cnc2sc(CC(C)(C)c3cnc4cccc(Cl)c4c3)cc2c1. The Morgan fingerprint density at radius 2 is 1.89 bits per heavy atom. The van der Waals surface area contributed by atoms with E-state index in [2.05, 4.69) is 55.9 Å². The number of benzene rings is 1. The van der Waals surface area contributed by atoms with Gasteiger partial charge in [-0.25, -0.2) is 4.98 Å². The molecule has 0 spiro atoms. The standard InChI is InChI=1S/C23H23ClN2S/c1-14(2)16-8-15-9-18(27-22(15)26-12-16)11-23(3,4)17-10-19-20(24)6-5-7-21(19)25-13-17/h5-10,12-14H,11H2,1-4H3. The lowest BCUT2D eigenvalue weighted by atomic mass is 9.81. The summed E-state index contributed by atoms with van der Waals surface area (Å²) in [6, 6.07) is 12.6. The Balaban J connectivity index is 1.68. The first-order chi connectivity index (χ1) is 12.8. The summed E-state index contributed by atoms with van der Waals surface area (Å²) in [4.78, 5) is 11.8. The molecule has 4 aromatic rings. The van der Waals surface area contributed by atoms with Crippen molar-refractivity contribution < 1.29 is 0 Å². The first-order valence-corrected chi connectivity index (χ1v) is 10.5. The highest BCUT2D eigenvalue weighted by atomic mass is 35.5. The van der Waals surface area contributed by atoms with Gasteiger partial charge >= 0.3 is 0 Å². The van der Waals surface area contributed by atoms with Crippen molar-refractivity contribution >= 4 is 44.1 Å². The molecule has 0 aliphatic carbocycles. The first-order valence-electron chi connectivity index (χ1n) is 9.26. The van der Waals surface area contributed by atoms with Crippen LogP contribution in [0.3, 0.4) is 0 Å². The number of hydrogen-bond donors (Lipinski definition) is 0. The Labute approximate surface area is 169 Å². The third kappa shape index (κ3) is 3.59. The maximum atomic E-state index is 6.39. The van der Waals surface area contributed by atoms with Gasteiger partial charge in [0.2, 0.25) is 0 Å². The van der Waals surface area contributed by atoms with Gasteiger partial charge in [-0.15, -0.1) is 11.3 Å². The van der Waals surface area contributed by atoms with Crippen molar-refractivity contribution in [3.05, 3.63) is 69.8 Å². The zero-order chi connectivity index (χ0) is 19.2. The fraction of sp³-hybridized carbons (Fsp3) is 0.304. The fourth-order valence-corrected chi connectivity index (χ4v) is 4.86. The molecule has 0 atom stereocenters. The van der Waals surface area contributed by atoms with Gasteiger partial charge in [0.25, 0.3) is 0 Å². The third-order valence-corrected chi connectivity index (χ3v) is 6.57. The molecule has 2 nitrogen and oxygen atoms in total. The Bertz CT molecular complexity index is 1130. The Morgan fingerprint density at radius 1 is 1.07 bits per heavy atom. The average molecular weight is 395 g/mol. The molecule has 3 heterocycles. The Kier molecular flexibility index (Phi) is 4.69. The monoisotopic (exact) mass is 394 g/mol. The summed E-state index contributed by atoms with van der Waals surface area (Å²) in [6.45, 7) is 8.95. The van der Waals surface area contributed by atoms with Crippen molar-refractivity contribution in [1.29, 1.82) is 0 Å². The smallest absolute Gasteiger partial charge is 0.123 e. The van der Waals surface area contributed by atoms with Crippen LogP contribution >= 0.6 is 22.9 Å². The lowest BCUT2D eigenvalue weighted by Crippen LogP contribution is -2.20. The largest absolute Gasteiger partial charge is 0.256 e. The van der Waals surface area contributed by atoms with Gasteiger partial charge in [0, 0.05) is 33.1 Å². The van der Waals surface area contributed by atoms with Crippen LogP contribution in [0.4, 0.5) is 0 Å². The molecule has 0 radical (unpaired) electrons. The molecule has 27 heavy (non-hydrogen) atoms. The minimum Gasteiger partial charge on any atom is -0.256 e. The number of hydrogen-bond acceptors (Lipinski definition) is 3. The molecule has 0 aliphatic heterocycles. The third-order valence-electron chi connectivity index (χ3n) is 5.18. The van der Waals surface area contributed by atoms with E-state index >= 15 is 0 Å². The molecule has 0 saturated heterocycles. The number of halogens is 1. The molecule has 4 rings (SSSR count). The Hall–Kier alpha value is -1.97. The van der Waals surface area contributed by atoms with Crippen LogP contribution in [0.5, 0.6) is 0 Å². The van der Waals surface area contributed by atoms with E-state index in [-0.39, 0.29) is 5.41 Å². The molecule has 1 aromatic carbocycles. The minimum absolute atomic E-state index is 0.0396. The van der Waals surface area contributed by atoms with Crippen LogP contribution in [0.2, 0.25) is 5.02 Å². The van der Waals surface area contributed by atoms with Crippen molar-refractivity contribution in [2.75, 3.05) is 0 Å². The van der Waals surface area contributed by atoms with Crippen molar-refractivity contribution in [3.63, 3.8) is 0 Å². The van der Waals surface area contributed by atoms with Crippen LogP contribution in [-0.4, -0.2) is 9.97 Å². The predicted octanol–water partition coefficient (Wildman–Crippen LogP) is 7.14. The average Bonchev–Trinajstić information content (AvgIpc) is 3.02.